The molecule has 4 aromatic rings. The van der Waals surface area contributed by atoms with Crippen molar-refractivity contribution in [3.05, 3.63) is 119 Å². The predicted octanol–water partition coefficient (Wildman–Crippen LogP) is 7.28. The maximum atomic E-state index is 13.6. The third-order valence-electron chi connectivity index (χ3n) is 6.43. The molecule has 0 spiro atoms. The highest BCUT2D eigenvalue weighted by molar-refractivity contribution is 8.00. The average Bonchev–Trinajstić information content (AvgIpc) is 3.04. The topological polar surface area (TPSA) is 106 Å². The smallest absolute Gasteiger partial charge is 0.272 e. The van der Waals surface area contributed by atoms with Gasteiger partial charge in [0.25, 0.3) is 11.8 Å². The highest BCUT2D eigenvalue weighted by Crippen LogP contribution is 2.30. The number of amides is 3. The summed E-state index contributed by atoms with van der Waals surface area (Å²) >= 11 is 7.59. The minimum atomic E-state index is -0.544. The van der Waals surface area contributed by atoms with E-state index < -0.39 is 17.1 Å². The van der Waals surface area contributed by atoms with Crippen molar-refractivity contribution < 1.29 is 23.9 Å². The van der Waals surface area contributed by atoms with E-state index in [1.54, 1.807) is 104 Å². The SMILES string of the molecule is CCC(Sc1cccc(NC(=O)/C(=C\c2ccc(OC)cc2OC)NC(=O)c2ccccc2)c1)C(=O)Nc1ccccc1Cl. The number of ether oxygens (including phenoxy) is 2. The number of rotatable bonds is 12. The van der Waals surface area contributed by atoms with Gasteiger partial charge in [-0.1, -0.05) is 54.9 Å². The number of benzene rings is 4. The number of para-hydroxylation sites is 1. The van der Waals surface area contributed by atoms with Gasteiger partial charge in [-0.2, -0.15) is 0 Å². The van der Waals surface area contributed by atoms with Gasteiger partial charge < -0.3 is 25.4 Å². The van der Waals surface area contributed by atoms with E-state index in [-0.39, 0.29) is 11.6 Å². The highest BCUT2D eigenvalue weighted by Gasteiger charge is 2.20. The van der Waals surface area contributed by atoms with Gasteiger partial charge in [-0.25, -0.2) is 0 Å². The zero-order valence-electron chi connectivity index (χ0n) is 24.4. The highest BCUT2D eigenvalue weighted by atomic mass is 35.5. The van der Waals surface area contributed by atoms with Crippen molar-refractivity contribution in [1.29, 1.82) is 0 Å². The molecular formula is C34H32ClN3O5S. The second-order valence-corrected chi connectivity index (χ2v) is 11.1. The average molecular weight is 630 g/mol. The van der Waals surface area contributed by atoms with Crippen LogP contribution < -0.4 is 25.4 Å². The van der Waals surface area contributed by atoms with Crippen molar-refractivity contribution in [3.8, 4) is 11.5 Å². The first-order chi connectivity index (χ1) is 21.3. The van der Waals surface area contributed by atoms with Crippen molar-refractivity contribution in [3.63, 3.8) is 0 Å². The number of halogens is 1. The number of nitrogens with one attached hydrogen (secondary N) is 3. The summed E-state index contributed by atoms with van der Waals surface area (Å²) in [5, 5.41) is 8.55. The molecule has 44 heavy (non-hydrogen) atoms. The first kappa shape index (κ1) is 32.2. The second kappa shape index (κ2) is 15.7. The Hall–Kier alpha value is -4.73. The Bertz CT molecular complexity index is 1660. The largest absolute Gasteiger partial charge is 0.497 e. The standard InChI is InChI=1S/C34H32ClN3O5S/c1-4-31(34(41)37-28-16-9-8-15-27(28)35)44-26-14-10-13-24(20-26)36-33(40)29(38-32(39)22-11-6-5-7-12-22)19-23-17-18-25(42-2)21-30(23)43-3/h5-21,31H,4H2,1-3H3,(H,36,40)(H,37,41)(H,38,39)/b29-19+. The number of hydrogen-bond acceptors (Lipinski definition) is 6. The molecule has 0 bridgehead atoms. The summed E-state index contributed by atoms with van der Waals surface area (Å²) in [6.45, 7) is 1.93. The molecule has 8 nitrogen and oxygen atoms in total. The zero-order chi connectivity index (χ0) is 31.5. The van der Waals surface area contributed by atoms with Gasteiger partial charge in [-0.3, -0.25) is 14.4 Å². The Kier molecular flexibility index (Phi) is 11.5. The number of thioether (sulfide) groups is 1. The molecule has 0 aliphatic rings. The number of methoxy groups -OCH3 is 2. The van der Waals surface area contributed by atoms with Gasteiger partial charge in [0.15, 0.2) is 0 Å². The monoisotopic (exact) mass is 629 g/mol. The Balaban J connectivity index is 1.55. The molecule has 0 aromatic heterocycles. The molecule has 1 atom stereocenters. The molecule has 0 saturated heterocycles. The van der Waals surface area contributed by atoms with Crippen molar-refractivity contribution in [1.82, 2.24) is 5.32 Å². The van der Waals surface area contributed by atoms with Crippen LogP contribution in [0, 0.1) is 0 Å². The molecule has 226 valence electrons. The fraction of sp³-hybridized carbons (Fsp3) is 0.147. The van der Waals surface area contributed by atoms with Crippen LogP contribution in [0.2, 0.25) is 5.02 Å². The molecule has 0 aliphatic carbocycles. The summed E-state index contributed by atoms with van der Waals surface area (Å²) in [4.78, 5) is 40.4. The van der Waals surface area contributed by atoms with Crippen LogP contribution in [0.1, 0.15) is 29.3 Å². The summed E-state index contributed by atoms with van der Waals surface area (Å²) < 4.78 is 10.8. The zero-order valence-corrected chi connectivity index (χ0v) is 26.0. The minimum absolute atomic E-state index is 0.00549. The van der Waals surface area contributed by atoms with E-state index >= 15 is 0 Å². The lowest BCUT2D eigenvalue weighted by Crippen LogP contribution is -2.30. The minimum Gasteiger partial charge on any atom is -0.497 e. The first-order valence-electron chi connectivity index (χ1n) is 13.7. The Morgan fingerprint density at radius 1 is 0.864 bits per heavy atom. The summed E-state index contributed by atoms with van der Waals surface area (Å²) in [6, 6.07) is 28.0. The Morgan fingerprint density at radius 3 is 2.32 bits per heavy atom. The van der Waals surface area contributed by atoms with Crippen LogP contribution in [0.3, 0.4) is 0 Å². The van der Waals surface area contributed by atoms with E-state index in [2.05, 4.69) is 16.0 Å². The van der Waals surface area contributed by atoms with E-state index in [1.807, 2.05) is 13.0 Å². The van der Waals surface area contributed by atoms with Gasteiger partial charge in [-0.05, 0) is 67.1 Å². The fourth-order valence-corrected chi connectivity index (χ4v) is 5.34. The maximum Gasteiger partial charge on any atom is 0.272 e. The van der Waals surface area contributed by atoms with Gasteiger partial charge in [0, 0.05) is 27.8 Å². The van der Waals surface area contributed by atoms with E-state index in [1.165, 1.54) is 18.9 Å². The van der Waals surface area contributed by atoms with Crippen LogP contribution >= 0.6 is 23.4 Å². The Labute approximate surface area is 265 Å². The fourth-order valence-electron chi connectivity index (χ4n) is 4.14. The molecule has 0 heterocycles. The van der Waals surface area contributed by atoms with E-state index in [0.717, 1.165) is 4.90 Å². The van der Waals surface area contributed by atoms with Crippen LogP contribution in [0.4, 0.5) is 11.4 Å². The van der Waals surface area contributed by atoms with Crippen molar-refractivity contribution in [2.24, 2.45) is 0 Å². The number of carbonyl (C=O) groups excluding carboxylic acids is 3. The quantitative estimate of drug-likeness (QED) is 0.112. The molecule has 3 N–H and O–H groups in total. The number of hydrogen-bond donors (Lipinski definition) is 3. The number of anilines is 2. The molecule has 0 aliphatic heterocycles. The van der Waals surface area contributed by atoms with E-state index in [9.17, 15) is 14.4 Å². The van der Waals surface area contributed by atoms with Gasteiger partial charge >= 0.3 is 0 Å². The van der Waals surface area contributed by atoms with Crippen LogP contribution in [0.5, 0.6) is 11.5 Å². The summed E-state index contributed by atoms with van der Waals surface area (Å²) in [7, 11) is 3.06. The lowest BCUT2D eigenvalue weighted by Gasteiger charge is -2.16. The van der Waals surface area contributed by atoms with Crippen LogP contribution in [-0.2, 0) is 9.59 Å². The molecule has 10 heteroatoms. The van der Waals surface area contributed by atoms with Crippen LogP contribution in [-0.4, -0.2) is 37.2 Å². The molecule has 0 saturated carbocycles. The predicted molar refractivity (Wildman–Crippen MR) is 177 cm³/mol. The van der Waals surface area contributed by atoms with Crippen molar-refractivity contribution in [2.75, 3.05) is 24.9 Å². The normalized spacial score (nSPS) is 11.7. The molecular weight excluding hydrogens is 598 g/mol. The van der Waals surface area contributed by atoms with E-state index in [4.69, 9.17) is 21.1 Å². The molecule has 4 rings (SSSR count). The van der Waals surface area contributed by atoms with Crippen molar-refractivity contribution in [2.45, 2.75) is 23.5 Å². The lowest BCUT2D eigenvalue weighted by molar-refractivity contribution is -0.116. The molecule has 0 radical (unpaired) electrons. The summed E-state index contributed by atoms with van der Waals surface area (Å²) in [5.74, 6) is -0.125. The first-order valence-corrected chi connectivity index (χ1v) is 15.0. The van der Waals surface area contributed by atoms with Crippen LogP contribution in [0.25, 0.3) is 6.08 Å². The van der Waals surface area contributed by atoms with Gasteiger partial charge in [-0.15, -0.1) is 11.8 Å². The number of carbonyl (C=O) groups is 3. The molecule has 0 fully saturated rings. The molecule has 4 aromatic carbocycles. The lowest BCUT2D eigenvalue weighted by atomic mass is 10.1. The van der Waals surface area contributed by atoms with Gasteiger partial charge in [0.1, 0.15) is 17.2 Å². The maximum absolute atomic E-state index is 13.6. The Morgan fingerprint density at radius 2 is 1.61 bits per heavy atom. The summed E-state index contributed by atoms with van der Waals surface area (Å²) in [5.41, 5.74) is 2.00. The van der Waals surface area contributed by atoms with Crippen molar-refractivity contribution >= 4 is 58.5 Å². The van der Waals surface area contributed by atoms with Crippen LogP contribution in [0.15, 0.2) is 108 Å². The van der Waals surface area contributed by atoms with E-state index in [0.29, 0.717) is 45.4 Å². The summed E-state index contributed by atoms with van der Waals surface area (Å²) in [6.07, 6.45) is 2.11. The molecule has 1 unspecified atom stereocenters. The van der Waals surface area contributed by atoms with Gasteiger partial charge in [0.2, 0.25) is 5.91 Å². The third-order valence-corrected chi connectivity index (χ3v) is 8.12. The van der Waals surface area contributed by atoms with Gasteiger partial charge in [0.05, 0.1) is 30.2 Å². The third kappa shape index (κ3) is 8.65. The second-order valence-electron chi connectivity index (χ2n) is 9.45. The molecule has 3 amide bonds.